The molecule has 1 N–H and O–H groups in total. The van der Waals surface area contributed by atoms with Crippen LogP contribution in [0.5, 0.6) is 0 Å². The van der Waals surface area contributed by atoms with E-state index in [1.807, 2.05) is 17.0 Å². The molecule has 1 aliphatic rings. The number of ether oxygens (including phenoxy) is 1. The highest BCUT2D eigenvalue weighted by atomic mass is 16.5. The summed E-state index contributed by atoms with van der Waals surface area (Å²) in [5.74, 6) is 0.395. The van der Waals surface area contributed by atoms with Gasteiger partial charge in [0.15, 0.2) is 0 Å². The maximum atomic E-state index is 11.8. The van der Waals surface area contributed by atoms with E-state index in [2.05, 4.69) is 16.0 Å². The second kappa shape index (κ2) is 4.85. The van der Waals surface area contributed by atoms with Gasteiger partial charge in [0.2, 0.25) is 0 Å². The predicted octanol–water partition coefficient (Wildman–Crippen LogP) is 1.58. The number of carbonyl (C=O) groups excluding carboxylic acids is 1. The average Bonchev–Trinajstić information content (AvgIpc) is 3.09. The lowest BCUT2D eigenvalue weighted by Crippen LogP contribution is -2.37. The third kappa shape index (κ3) is 1.79. The number of carbonyl (C=O) groups is 1. The van der Waals surface area contributed by atoms with Gasteiger partial charge >= 0.3 is 5.97 Å². The molecule has 1 saturated heterocycles. The summed E-state index contributed by atoms with van der Waals surface area (Å²) in [6.45, 7) is 0.723. The Morgan fingerprint density at radius 3 is 3.25 bits per heavy atom. The lowest BCUT2D eigenvalue weighted by atomic mass is 10.2. The number of nitrogens with one attached hydrogen (secondary N) is 1. The number of hydrogen-bond donors (Lipinski definition) is 1. The quantitative estimate of drug-likeness (QED) is 0.838. The number of pyridine rings is 1. The van der Waals surface area contributed by atoms with Crippen LogP contribution in [-0.2, 0) is 9.53 Å². The average molecular weight is 270 g/mol. The lowest BCUT2D eigenvalue weighted by Gasteiger charge is -2.23. The van der Waals surface area contributed by atoms with E-state index in [-0.39, 0.29) is 12.0 Å². The van der Waals surface area contributed by atoms with Crippen molar-refractivity contribution in [3.63, 3.8) is 0 Å². The fourth-order valence-corrected chi connectivity index (χ4v) is 2.74. The first-order valence-electron chi connectivity index (χ1n) is 6.47. The number of aromatic nitrogens is 2. The van der Waals surface area contributed by atoms with Crippen molar-refractivity contribution >= 4 is 22.8 Å². The van der Waals surface area contributed by atoms with Gasteiger partial charge in [-0.05, 0) is 25.0 Å². The maximum absolute atomic E-state index is 11.8. The minimum Gasteiger partial charge on any atom is -0.467 e. The normalized spacial score (nSPS) is 18.2. The van der Waals surface area contributed by atoms with Gasteiger partial charge in [-0.1, -0.05) is 0 Å². The molecule has 1 fully saturated rings. The highest BCUT2D eigenvalue weighted by Crippen LogP contribution is 2.32. The van der Waals surface area contributed by atoms with Crippen molar-refractivity contribution in [2.45, 2.75) is 18.9 Å². The van der Waals surface area contributed by atoms with Gasteiger partial charge in [-0.15, -0.1) is 0 Å². The van der Waals surface area contributed by atoms with Crippen molar-refractivity contribution in [1.82, 2.24) is 9.97 Å². The number of methoxy groups -OCH3 is 1. The van der Waals surface area contributed by atoms with Crippen LogP contribution in [-0.4, -0.2) is 35.6 Å². The van der Waals surface area contributed by atoms with E-state index < -0.39 is 0 Å². The number of nitrogens with zero attached hydrogens (tertiary/aromatic N) is 3. The maximum Gasteiger partial charge on any atom is 0.328 e. The molecule has 0 spiro atoms. The zero-order chi connectivity index (χ0) is 14.1. The van der Waals surface area contributed by atoms with Crippen LogP contribution in [0.3, 0.4) is 0 Å². The van der Waals surface area contributed by atoms with Crippen LogP contribution in [0.4, 0.5) is 5.82 Å². The number of nitriles is 1. The number of H-pyrrole nitrogens is 1. The Balaban J connectivity index is 2.10. The lowest BCUT2D eigenvalue weighted by molar-refractivity contribution is -0.141. The largest absolute Gasteiger partial charge is 0.467 e. The first-order chi connectivity index (χ1) is 9.76. The third-order valence-electron chi connectivity index (χ3n) is 3.66. The molecule has 3 heterocycles. The summed E-state index contributed by atoms with van der Waals surface area (Å²) in [4.78, 5) is 21.2. The summed E-state index contributed by atoms with van der Waals surface area (Å²) < 4.78 is 4.84. The number of rotatable bonds is 2. The number of fused-ring (bicyclic) bond motifs is 1. The molecule has 3 rings (SSSR count). The first-order valence-corrected chi connectivity index (χ1v) is 6.47. The van der Waals surface area contributed by atoms with E-state index in [0.29, 0.717) is 16.9 Å². The number of anilines is 1. The van der Waals surface area contributed by atoms with E-state index in [0.717, 1.165) is 24.9 Å². The Kier molecular flexibility index (Phi) is 3.03. The molecule has 0 amide bonds. The molecule has 6 nitrogen and oxygen atoms in total. The Labute approximate surface area is 116 Å². The molecule has 102 valence electrons. The van der Waals surface area contributed by atoms with Crippen molar-refractivity contribution < 1.29 is 9.53 Å². The Morgan fingerprint density at radius 2 is 2.50 bits per heavy atom. The van der Waals surface area contributed by atoms with Crippen LogP contribution in [0.2, 0.25) is 0 Å². The zero-order valence-electron chi connectivity index (χ0n) is 11.1. The van der Waals surface area contributed by atoms with Gasteiger partial charge in [0, 0.05) is 12.7 Å². The topological polar surface area (TPSA) is 82.0 Å². The van der Waals surface area contributed by atoms with Gasteiger partial charge in [-0.2, -0.15) is 5.26 Å². The van der Waals surface area contributed by atoms with Crippen LogP contribution in [0, 0.1) is 11.3 Å². The smallest absolute Gasteiger partial charge is 0.328 e. The van der Waals surface area contributed by atoms with Gasteiger partial charge in [-0.3, -0.25) is 4.98 Å². The van der Waals surface area contributed by atoms with Crippen LogP contribution in [0.25, 0.3) is 11.0 Å². The van der Waals surface area contributed by atoms with Crippen molar-refractivity contribution in [3.8, 4) is 6.07 Å². The molecule has 0 bridgehead atoms. The fraction of sp³-hybridized carbons (Fsp3) is 0.357. The van der Waals surface area contributed by atoms with Gasteiger partial charge < -0.3 is 14.6 Å². The highest BCUT2D eigenvalue weighted by Gasteiger charge is 2.34. The molecule has 1 unspecified atom stereocenters. The Bertz CT molecular complexity index is 701. The molecule has 2 aromatic heterocycles. The van der Waals surface area contributed by atoms with Crippen molar-refractivity contribution in [2.75, 3.05) is 18.6 Å². The van der Waals surface area contributed by atoms with Crippen molar-refractivity contribution in [3.05, 3.63) is 23.9 Å². The van der Waals surface area contributed by atoms with Gasteiger partial charge in [0.25, 0.3) is 0 Å². The van der Waals surface area contributed by atoms with Crippen LogP contribution in [0.15, 0.2) is 18.3 Å². The van der Waals surface area contributed by atoms with Crippen LogP contribution in [0.1, 0.15) is 18.4 Å². The summed E-state index contributed by atoms with van der Waals surface area (Å²) >= 11 is 0. The summed E-state index contributed by atoms with van der Waals surface area (Å²) in [7, 11) is 1.39. The molecule has 1 atom stereocenters. The Hall–Kier alpha value is -2.55. The predicted molar refractivity (Wildman–Crippen MR) is 73.2 cm³/mol. The summed E-state index contributed by atoms with van der Waals surface area (Å²) in [6.07, 6.45) is 3.29. The molecule has 0 radical (unpaired) electrons. The second-order valence-electron chi connectivity index (χ2n) is 4.73. The van der Waals surface area contributed by atoms with E-state index >= 15 is 0 Å². The fourth-order valence-electron chi connectivity index (χ4n) is 2.74. The molecule has 0 aromatic carbocycles. The molecule has 0 saturated carbocycles. The molecular weight excluding hydrogens is 256 g/mol. The Morgan fingerprint density at radius 1 is 1.65 bits per heavy atom. The molecule has 0 aliphatic carbocycles. The number of aromatic amines is 1. The third-order valence-corrected chi connectivity index (χ3v) is 3.66. The van der Waals surface area contributed by atoms with Gasteiger partial charge in [-0.25, -0.2) is 4.79 Å². The minimum atomic E-state index is -0.333. The minimum absolute atomic E-state index is 0.266. The molecule has 1 aliphatic heterocycles. The SMILES string of the molecule is COC(=O)C1CCCN1c1[nH]c2cccnc2c1C#N. The number of hydrogen-bond acceptors (Lipinski definition) is 5. The van der Waals surface area contributed by atoms with Crippen molar-refractivity contribution in [2.24, 2.45) is 0 Å². The summed E-state index contributed by atoms with van der Waals surface area (Å²) in [5.41, 5.74) is 1.92. The van der Waals surface area contributed by atoms with Gasteiger partial charge in [0.05, 0.1) is 12.6 Å². The van der Waals surface area contributed by atoms with E-state index in [1.165, 1.54) is 7.11 Å². The summed E-state index contributed by atoms with van der Waals surface area (Å²) in [5, 5.41) is 9.39. The van der Waals surface area contributed by atoms with Gasteiger partial charge in [0.1, 0.15) is 29.0 Å². The molecule has 20 heavy (non-hydrogen) atoms. The monoisotopic (exact) mass is 270 g/mol. The van der Waals surface area contributed by atoms with E-state index in [9.17, 15) is 10.1 Å². The van der Waals surface area contributed by atoms with E-state index in [4.69, 9.17) is 4.74 Å². The first kappa shape index (κ1) is 12.5. The molecule has 6 heteroatoms. The number of esters is 1. The van der Waals surface area contributed by atoms with Crippen LogP contribution < -0.4 is 4.90 Å². The summed E-state index contributed by atoms with van der Waals surface area (Å²) in [6, 6.07) is 5.53. The highest BCUT2D eigenvalue weighted by molar-refractivity contribution is 5.90. The van der Waals surface area contributed by atoms with Crippen molar-refractivity contribution in [1.29, 1.82) is 5.26 Å². The zero-order valence-corrected chi connectivity index (χ0v) is 11.1. The molecular formula is C14H14N4O2. The molecule has 2 aromatic rings. The van der Waals surface area contributed by atoms with Crippen LogP contribution >= 0.6 is 0 Å². The standard InChI is InChI=1S/C14H14N4O2/c1-20-14(19)11-5-3-7-18(11)13-9(8-15)12-10(17-13)4-2-6-16-12/h2,4,6,11,17H,3,5,7H2,1H3. The second-order valence-corrected chi connectivity index (χ2v) is 4.73. The van der Waals surface area contributed by atoms with E-state index in [1.54, 1.807) is 6.20 Å².